The summed E-state index contributed by atoms with van der Waals surface area (Å²) >= 11 is 1.52. The number of nitrogens with zero attached hydrogens (tertiary/aromatic N) is 2. The maximum atomic E-state index is 12.0. The molecule has 0 saturated heterocycles. The van der Waals surface area contributed by atoms with E-state index in [1.807, 2.05) is 5.38 Å². The van der Waals surface area contributed by atoms with Crippen LogP contribution in [0.1, 0.15) is 28.7 Å². The first kappa shape index (κ1) is 13.5. The van der Waals surface area contributed by atoms with E-state index in [9.17, 15) is 4.79 Å². The Hall–Kier alpha value is -1.95. The summed E-state index contributed by atoms with van der Waals surface area (Å²) in [5.74, 6) is 0.612. The molecule has 6 heteroatoms. The Kier molecular flexibility index (Phi) is 4.85. The summed E-state index contributed by atoms with van der Waals surface area (Å²) in [5.41, 5.74) is 0.602. The molecule has 0 fully saturated rings. The summed E-state index contributed by atoms with van der Waals surface area (Å²) in [6.07, 6.45) is 4.38. The van der Waals surface area contributed by atoms with Crippen LogP contribution in [0, 0.1) is 0 Å². The molecule has 2 aromatic rings. The number of carbonyl (C=O) groups excluding carboxylic acids is 1. The van der Waals surface area contributed by atoms with E-state index in [1.165, 1.54) is 11.3 Å². The fourth-order valence-electron chi connectivity index (χ4n) is 1.52. The smallest absolute Gasteiger partial charge is 0.251 e. The van der Waals surface area contributed by atoms with Crippen LogP contribution in [0.15, 0.2) is 29.9 Å². The maximum absolute atomic E-state index is 12.0. The minimum Gasteiger partial charge on any atom is -0.370 e. The Morgan fingerprint density at radius 2 is 2.26 bits per heavy atom. The van der Waals surface area contributed by atoms with E-state index >= 15 is 0 Å². The molecule has 100 valence electrons. The first-order chi connectivity index (χ1) is 9.29. The largest absolute Gasteiger partial charge is 0.370 e. The third-order valence-electron chi connectivity index (χ3n) is 2.46. The molecule has 0 aliphatic carbocycles. The number of pyridine rings is 1. The molecule has 0 aliphatic heterocycles. The molecule has 19 heavy (non-hydrogen) atoms. The molecule has 0 aliphatic rings. The third-order valence-corrected chi connectivity index (χ3v) is 3.24. The van der Waals surface area contributed by atoms with Crippen LogP contribution in [0.4, 0.5) is 5.82 Å². The van der Waals surface area contributed by atoms with Gasteiger partial charge in [0, 0.05) is 29.9 Å². The third kappa shape index (κ3) is 4.03. The van der Waals surface area contributed by atoms with E-state index in [1.54, 1.807) is 24.5 Å². The average Bonchev–Trinajstić information content (AvgIpc) is 2.96. The predicted molar refractivity (Wildman–Crippen MR) is 76.3 cm³/mol. The lowest BCUT2D eigenvalue weighted by Gasteiger charge is -2.06. The second-order valence-corrected chi connectivity index (χ2v) is 4.94. The van der Waals surface area contributed by atoms with Gasteiger partial charge in [-0.3, -0.25) is 4.79 Å². The van der Waals surface area contributed by atoms with Crippen molar-refractivity contribution in [1.29, 1.82) is 0 Å². The normalized spacial score (nSPS) is 10.2. The van der Waals surface area contributed by atoms with Crippen LogP contribution in [0.25, 0.3) is 0 Å². The first-order valence-corrected chi connectivity index (χ1v) is 7.04. The van der Waals surface area contributed by atoms with Crippen LogP contribution in [0.3, 0.4) is 0 Å². The summed E-state index contributed by atoms with van der Waals surface area (Å²) in [5, 5.41) is 8.78. The number of carbonyl (C=O) groups is 1. The quantitative estimate of drug-likeness (QED) is 0.849. The lowest BCUT2D eigenvalue weighted by Crippen LogP contribution is -2.22. The predicted octanol–water partition coefficient (Wildman–Crippen LogP) is 2.29. The summed E-state index contributed by atoms with van der Waals surface area (Å²) in [7, 11) is 0. The second-order valence-electron chi connectivity index (χ2n) is 3.97. The van der Waals surface area contributed by atoms with Crippen molar-refractivity contribution in [2.24, 2.45) is 0 Å². The van der Waals surface area contributed by atoms with Crippen LogP contribution in [0.5, 0.6) is 0 Å². The zero-order valence-corrected chi connectivity index (χ0v) is 11.5. The van der Waals surface area contributed by atoms with Crippen molar-refractivity contribution in [1.82, 2.24) is 15.3 Å². The van der Waals surface area contributed by atoms with Gasteiger partial charge < -0.3 is 10.6 Å². The zero-order valence-electron chi connectivity index (χ0n) is 10.7. The van der Waals surface area contributed by atoms with Gasteiger partial charge in [-0.1, -0.05) is 6.92 Å². The van der Waals surface area contributed by atoms with Gasteiger partial charge in [-0.15, -0.1) is 11.3 Å². The molecular formula is C13H16N4OS. The molecule has 2 heterocycles. The number of nitrogens with one attached hydrogen (secondary N) is 2. The van der Waals surface area contributed by atoms with E-state index in [0.717, 1.165) is 23.8 Å². The monoisotopic (exact) mass is 276 g/mol. The number of anilines is 1. The highest BCUT2D eigenvalue weighted by molar-refractivity contribution is 7.09. The molecule has 0 atom stereocenters. The lowest BCUT2D eigenvalue weighted by molar-refractivity contribution is 0.0951. The zero-order chi connectivity index (χ0) is 13.5. The molecule has 5 nitrogen and oxygen atoms in total. The Morgan fingerprint density at radius 3 is 3.00 bits per heavy atom. The Bertz CT molecular complexity index is 527. The number of thiazole rings is 1. The molecule has 2 aromatic heterocycles. The van der Waals surface area contributed by atoms with E-state index in [4.69, 9.17) is 0 Å². The van der Waals surface area contributed by atoms with Crippen LogP contribution in [-0.4, -0.2) is 22.4 Å². The molecule has 2 N–H and O–H groups in total. The molecule has 0 radical (unpaired) electrons. The van der Waals surface area contributed by atoms with Gasteiger partial charge in [0.05, 0.1) is 6.54 Å². The lowest BCUT2D eigenvalue weighted by atomic mass is 10.2. The van der Waals surface area contributed by atoms with Gasteiger partial charge in [0.15, 0.2) is 0 Å². The van der Waals surface area contributed by atoms with Crippen LogP contribution in [0.2, 0.25) is 0 Å². The van der Waals surface area contributed by atoms with Crippen LogP contribution in [-0.2, 0) is 6.54 Å². The standard InChI is InChI=1S/C13H16N4OS/c1-2-4-14-11-8-10(3-5-15-11)13(18)17-9-12-16-6-7-19-12/h3,5-8H,2,4,9H2,1H3,(H,14,15)(H,17,18). The van der Waals surface area contributed by atoms with Crippen LogP contribution >= 0.6 is 11.3 Å². The topological polar surface area (TPSA) is 66.9 Å². The molecule has 0 bridgehead atoms. The van der Waals surface area contributed by atoms with E-state index in [0.29, 0.717) is 12.1 Å². The van der Waals surface area contributed by atoms with Gasteiger partial charge in [-0.25, -0.2) is 9.97 Å². The van der Waals surface area contributed by atoms with E-state index in [2.05, 4.69) is 27.5 Å². The highest BCUT2D eigenvalue weighted by Gasteiger charge is 2.07. The van der Waals surface area contributed by atoms with Crippen molar-refractivity contribution in [3.05, 3.63) is 40.5 Å². The molecule has 0 saturated carbocycles. The van der Waals surface area contributed by atoms with Crippen molar-refractivity contribution >= 4 is 23.1 Å². The molecule has 0 unspecified atom stereocenters. The summed E-state index contributed by atoms with van der Waals surface area (Å²) in [4.78, 5) is 20.3. The summed E-state index contributed by atoms with van der Waals surface area (Å²) in [6, 6.07) is 3.46. The molecule has 0 spiro atoms. The first-order valence-electron chi connectivity index (χ1n) is 6.16. The second kappa shape index (κ2) is 6.84. The summed E-state index contributed by atoms with van der Waals surface area (Å²) in [6.45, 7) is 3.38. The Balaban J connectivity index is 1.94. The minimum atomic E-state index is -0.114. The van der Waals surface area contributed by atoms with Gasteiger partial charge in [-0.05, 0) is 18.6 Å². The molecule has 2 rings (SSSR count). The molecule has 1 amide bonds. The Labute approximate surface area is 116 Å². The molecular weight excluding hydrogens is 260 g/mol. The molecule has 0 aromatic carbocycles. The van der Waals surface area contributed by atoms with Gasteiger partial charge >= 0.3 is 0 Å². The highest BCUT2D eigenvalue weighted by atomic mass is 32.1. The number of aromatic nitrogens is 2. The van der Waals surface area contributed by atoms with Crippen LogP contribution < -0.4 is 10.6 Å². The van der Waals surface area contributed by atoms with Gasteiger partial charge in [0.25, 0.3) is 5.91 Å². The van der Waals surface area contributed by atoms with Crippen molar-refractivity contribution in [2.75, 3.05) is 11.9 Å². The van der Waals surface area contributed by atoms with Crippen molar-refractivity contribution in [2.45, 2.75) is 19.9 Å². The van der Waals surface area contributed by atoms with Gasteiger partial charge in [-0.2, -0.15) is 0 Å². The van der Waals surface area contributed by atoms with Crippen molar-refractivity contribution < 1.29 is 4.79 Å². The Morgan fingerprint density at radius 1 is 1.37 bits per heavy atom. The van der Waals surface area contributed by atoms with Crippen molar-refractivity contribution in [3.63, 3.8) is 0 Å². The number of hydrogen-bond donors (Lipinski definition) is 2. The van der Waals surface area contributed by atoms with Crippen molar-refractivity contribution in [3.8, 4) is 0 Å². The number of amides is 1. The number of rotatable bonds is 6. The van der Waals surface area contributed by atoms with Gasteiger partial charge in [0.1, 0.15) is 10.8 Å². The highest BCUT2D eigenvalue weighted by Crippen LogP contribution is 2.08. The summed E-state index contributed by atoms with van der Waals surface area (Å²) < 4.78 is 0. The number of hydrogen-bond acceptors (Lipinski definition) is 5. The SMILES string of the molecule is CCCNc1cc(C(=O)NCc2nccs2)ccn1. The fourth-order valence-corrected chi connectivity index (χ4v) is 2.08. The van der Waals surface area contributed by atoms with Gasteiger partial charge in [0.2, 0.25) is 0 Å². The minimum absolute atomic E-state index is 0.114. The van der Waals surface area contributed by atoms with E-state index < -0.39 is 0 Å². The average molecular weight is 276 g/mol. The fraction of sp³-hybridized carbons (Fsp3) is 0.308. The maximum Gasteiger partial charge on any atom is 0.251 e. The van der Waals surface area contributed by atoms with E-state index in [-0.39, 0.29) is 5.91 Å².